The van der Waals surface area contributed by atoms with Gasteiger partial charge in [-0.1, -0.05) is 19.8 Å². The summed E-state index contributed by atoms with van der Waals surface area (Å²) in [4.78, 5) is 10.2. The van der Waals surface area contributed by atoms with Crippen molar-refractivity contribution in [3.63, 3.8) is 0 Å². The first-order valence-electron chi connectivity index (χ1n) is 4.07. The van der Waals surface area contributed by atoms with Crippen LogP contribution in [0.4, 0.5) is 0 Å². The van der Waals surface area contributed by atoms with Gasteiger partial charge in [0.25, 0.3) is 0 Å². The fourth-order valence-corrected chi connectivity index (χ4v) is 1.38. The summed E-state index contributed by atoms with van der Waals surface area (Å²) < 4.78 is 0. The van der Waals surface area contributed by atoms with Gasteiger partial charge in [-0.15, -0.1) is 23.2 Å². The van der Waals surface area contributed by atoms with Crippen molar-refractivity contribution in [3.8, 4) is 0 Å². The molecule has 0 aliphatic rings. The number of hydrogen-bond acceptors (Lipinski definition) is 1. The van der Waals surface area contributed by atoms with Gasteiger partial charge in [0.2, 0.25) is 0 Å². The monoisotopic (exact) mass is 212 g/mol. The Morgan fingerprint density at radius 3 is 2.42 bits per heavy atom. The van der Waals surface area contributed by atoms with Crippen LogP contribution in [0.5, 0.6) is 0 Å². The van der Waals surface area contributed by atoms with Gasteiger partial charge in [0.1, 0.15) is 0 Å². The smallest absolute Gasteiger partial charge is 0.304 e. The van der Waals surface area contributed by atoms with Crippen molar-refractivity contribution in [2.75, 3.05) is 0 Å². The first-order chi connectivity index (χ1) is 5.57. The van der Waals surface area contributed by atoms with Crippen LogP contribution in [0, 0.1) is 0 Å². The van der Waals surface area contributed by atoms with E-state index in [9.17, 15) is 4.79 Å². The lowest BCUT2D eigenvalue weighted by Crippen LogP contribution is -2.18. The minimum atomic E-state index is -0.892. The summed E-state index contributed by atoms with van der Waals surface area (Å²) in [5.74, 6) is -0.892. The Hall–Kier alpha value is 0.0500. The Bertz CT molecular complexity index is 139. The molecule has 4 heteroatoms. The van der Waals surface area contributed by atoms with Gasteiger partial charge in [-0.2, -0.15) is 0 Å². The molecule has 0 aromatic heterocycles. The van der Waals surface area contributed by atoms with Crippen molar-refractivity contribution in [2.24, 2.45) is 0 Å². The maximum Gasteiger partial charge on any atom is 0.304 e. The molecule has 0 aromatic carbocycles. The maximum absolute atomic E-state index is 10.2. The van der Waals surface area contributed by atoms with Crippen LogP contribution in [-0.4, -0.2) is 21.8 Å². The first-order valence-corrected chi connectivity index (χ1v) is 4.95. The zero-order valence-corrected chi connectivity index (χ0v) is 8.61. The number of hydrogen-bond donors (Lipinski definition) is 1. The number of halogens is 2. The Labute approximate surface area is 82.9 Å². The van der Waals surface area contributed by atoms with Gasteiger partial charge in [-0.25, -0.2) is 0 Å². The molecule has 0 rings (SSSR count). The minimum absolute atomic E-state index is 0.0561. The van der Waals surface area contributed by atoms with E-state index in [1.165, 1.54) is 0 Å². The molecule has 2 nitrogen and oxygen atoms in total. The number of aliphatic carboxylic acids is 1. The van der Waals surface area contributed by atoms with E-state index in [4.69, 9.17) is 28.3 Å². The molecule has 0 aliphatic carbocycles. The summed E-state index contributed by atoms with van der Waals surface area (Å²) >= 11 is 11.6. The molecule has 0 aromatic rings. The van der Waals surface area contributed by atoms with Crippen molar-refractivity contribution in [1.82, 2.24) is 0 Å². The normalized spacial score (nSPS) is 15.6. The predicted molar refractivity (Wildman–Crippen MR) is 51.1 cm³/mol. The van der Waals surface area contributed by atoms with Crippen LogP contribution in [0.2, 0.25) is 0 Å². The Morgan fingerprint density at radius 2 is 2.00 bits per heavy atom. The van der Waals surface area contributed by atoms with Gasteiger partial charge in [0, 0.05) is 0 Å². The van der Waals surface area contributed by atoms with E-state index in [0.717, 1.165) is 19.3 Å². The van der Waals surface area contributed by atoms with Gasteiger partial charge in [0.15, 0.2) is 0 Å². The average molecular weight is 213 g/mol. The molecule has 0 aliphatic heterocycles. The molecule has 0 saturated carbocycles. The molecule has 0 spiro atoms. The van der Waals surface area contributed by atoms with Crippen molar-refractivity contribution in [1.29, 1.82) is 0 Å². The Kier molecular flexibility index (Phi) is 6.58. The standard InChI is InChI=1S/C8H14Cl2O2/c1-2-3-4-6(9)7(10)5-8(11)12/h6-7H,2-5H2,1H3,(H,11,12). The van der Waals surface area contributed by atoms with Crippen molar-refractivity contribution >= 4 is 29.2 Å². The summed E-state index contributed by atoms with van der Waals surface area (Å²) in [6.07, 6.45) is 2.79. The lowest BCUT2D eigenvalue weighted by Gasteiger charge is -2.12. The third-order valence-corrected chi connectivity index (χ3v) is 2.71. The molecular formula is C8H14Cl2O2. The molecule has 0 bridgehead atoms. The molecule has 0 radical (unpaired) electrons. The highest BCUT2D eigenvalue weighted by Crippen LogP contribution is 2.19. The molecule has 0 saturated heterocycles. The topological polar surface area (TPSA) is 37.3 Å². The average Bonchev–Trinajstić information content (AvgIpc) is 1.98. The fraction of sp³-hybridized carbons (Fsp3) is 0.875. The van der Waals surface area contributed by atoms with E-state index >= 15 is 0 Å². The number of unbranched alkanes of at least 4 members (excludes halogenated alkanes) is 1. The van der Waals surface area contributed by atoms with E-state index in [0.29, 0.717) is 0 Å². The van der Waals surface area contributed by atoms with Crippen molar-refractivity contribution in [3.05, 3.63) is 0 Å². The van der Waals surface area contributed by atoms with Crippen molar-refractivity contribution < 1.29 is 9.90 Å². The Balaban J connectivity index is 3.60. The number of rotatable bonds is 6. The second-order valence-electron chi connectivity index (χ2n) is 2.77. The second-order valence-corrected chi connectivity index (χ2v) is 3.89. The van der Waals surface area contributed by atoms with Gasteiger partial charge >= 0.3 is 5.97 Å². The van der Waals surface area contributed by atoms with Crippen LogP contribution in [0.25, 0.3) is 0 Å². The van der Waals surface area contributed by atoms with E-state index in [1.807, 2.05) is 0 Å². The molecule has 12 heavy (non-hydrogen) atoms. The molecular weight excluding hydrogens is 199 g/mol. The zero-order chi connectivity index (χ0) is 9.56. The van der Waals surface area contributed by atoms with Gasteiger partial charge in [-0.05, 0) is 6.42 Å². The highest BCUT2D eigenvalue weighted by molar-refractivity contribution is 6.30. The quantitative estimate of drug-likeness (QED) is 0.688. The highest BCUT2D eigenvalue weighted by atomic mass is 35.5. The van der Waals surface area contributed by atoms with Crippen LogP contribution < -0.4 is 0 Å². The molecule has 2 atom stereocenters. The summed E-state index contributed by atoms with van der Waals surface area (Å²) in [5, 5.41) is 7.75. The SMILES string of the molecule is CCCCC(Cl)C(Cl)CC(=O)O. The molecule has 2 unspecified atom stereocenters. The van der Waals surface area contributed by atoms with Crippen LogP contribution in [-0.2, 0) is 4.79 Å². The van der Waals surface area contributed by atoms with Gasteiger partial charge in [-0.3, -0.25) is 4.79 Å². The number of carboxylic acids is 1. The van der Waals surface area contributed by atoms with E-state index < -0.39 is 11.3 Å². The zero-order valence-electron chi connectivity index (χ0n) is 7.09. The van der Waals surface area contributed by atoms with E-state index in [-0.39, 0.29) is 11.8 Å². The van der Waals surface area contributed by atoms with Crippen molar-refractivity contribution in [2.45, 2.75) is 43.4 Å². The van der Waals surface area contributed by atoms with Gasteiger partial charge in [0.05, 0.1) is 17.2 Å². The molecule has 72 valence electrons. The molecule has 1 N–H and O–H groups in total. The van der Waals surface area contributed by atoms with Gasteiger partial charge < -0.3 is 5.11 Å². The van der Waals surface area contributed by atoms with E-state index in [2.05, 4.69) is 6.92 Å². The van der Waals surface area contributed by atoms with Crippen LogP contribution >= 0.6 is 23.2 Å². The van der Waals surface area contributed by atoms with Crippen LogP contribution in [0.3, 0.4) is 0 Å². The largest absolute Gasteiger partial charge is 0.481 e. The first kappa shape index (κ1) is 12.0. The summed E-state index contributed by atoms with van der Waals surface area (Å²) in [5.41, 5.74) is 0. The number of carbonyl (C=O) groups is 1. The number of carboxylic acid groups (broad SMARTS) is 1. The summed E-state index contributed by atoms with van der Waals surface area (Å²) in [7, 11) is 0. The third-order valence-electron chi connectivity index (χ3n) is 1.60. The Morgan fingerprint density at radius 1 is 1.42 bits per heavy atom. The highest BCUT2D eigenvalue weighted by Gasteiger charge is 2.18. The molecule has 0 fully saturated rings. The van der Waals surface area contributed by atoms with Crippen LogP contribution in [0.1, 0.15) is 32.6 Å². The van der Waals surface area contributed by atoms with E-state index in [1.54, 1.807) is 0 Å². The summed E-state index contributed by atoms with van der Waals surface area (Å²) in [6, 6.07) is 0. The fourth-order valence-electron chi connectivity index (χ4n) is 0.875. The molecule has 0 heterocycles. The summed E-state index contributed by atoms with van der Waals surface area (Å²) in [6.45, 7) is 2.06. The lowest BCUT2D eigenvalue weighted by molar-refractivity contribution is -0.137. The predicted octanol–water partition coefficient (Wildman–Crippen LogP) is 2.87. The second kappa shape index (κ2) is 6.55. The van der Waals surface area contributed by atoms with Crippen LogP contribution in [0.15, 0.2) is 0 Å². The molecule has 0 amide bonds. The lowest BCUT2D eigenvalue weighted by atomic mass is 10.1. The number of alkyl halides is 2. The minimum Gasteiger partial charge on any atom is -0.481 e. The third kappa shape index (κ3) is 5.67. The maximum atomic E-state index is 10.2.